The summed E-state index contributed by atoms with van der Waals surface area (Å²) in [7, 11) is 0. The van der Waals surface area contributed by atoms with Gasteiger partial charge in [0.25, 0.3) is 0 Å². The molecule has 0 amide bonds. The van der Waals surface area contributed by atoms with Crippen molar-refractivity contribution in [2.45, 2.75) is 52.0 Å². The summed E-state index contributed by atoms with van der Waals surface area (Å²) < 4.78 is 5.74. The van der Waals surface area contributed by atoms with E-state index in [-0.39, 0.29) is 0 Å². The second-order valence-corrected chi connectivity index (χ2v) is 6.28. The Hall–Kier alpha value is -1.80. The van der Waals surface area contributed by atoms with E-state index in [1.807, 2.05) is 0 Å². The van der Waals surface area contributed by atoms with Gasteiger partial charge < -0.3 is 10.1 Å². The van der Waals surface area contributed by atoms with Crippen LogP contribution in [0.4, 0.5) is 0 Å². The molecule has 0 aromatic heterocycles. The zero-order valence-corrected chi connectivity index (χ0v) is 15.1. The van der Waals surface area contributed by atoms with Crippen LogP contribution in [-0.2, 0) is 6.42 Å². The van der Waals surface area contributed by atoms with Crippen LogP contribution in [0.25, 0.3) is 0 Å². The molecule has 1 atom stereocenters. The van der Waals surface area contributed by atoms with Crippen molar-refractivity contribution >= 4 is 0 Å². The summed E-state index contributed by atoms with van der Waals surface area (Å²) in [5.74, 6) is 0.978. The van der Waals surface area contributed by atoms with Crippen molar-refractivity contribution in [1.29, 1.82) is 0 Å². The highest BCUT2D eigenvalue weighted by molar-refractivity contribution is 5.29. The van der Waals surface area contributed by atoms with Gasteiger partial charge in [0, 0.05) is 6.04 Å². The smallest absolute Gasteiger partial charge is 0.119 e. The van der Waals surface area contributed by atoms with Gasteiger partial charge in [-0.05, 0) is 55.5 Å². The molecular formula is C22H31NO. The van der Waals surface area contributed by atoms with Crippen LogP contribution in [0.1, 0.15) is 56.7 Å². The van der Waals surface area contributed by atoms with Crippen molar-refractivity contribution in [2.75, 3.05) is 13.2 Å². The first-order valence-corrected chi connectivity index (χ1v) is 9.33. The maximum atomic E-state index is 5.74. The highest BCUT2D eigenvalue weighted by Crippen LogP contribution is 2.20. The number of hydrogen-bond donors (Lipinski definition) is 1. The van der Waals surface area contributed by atoms with Crippen LogP contribution in [0.2, 0.25) is 0 Å². The largest absolute Gasteiger partial charge is 0.494 e. The first kappa shape index (κ1) is 18.5. The van der Waals surface area contributed by atoms with Crippen LogP contribution in [0, 0.1) is 0 Å². The Balaban J connectivity index is 1.76. The molecule has 2 nitrogen and oxygen atoms in total. The topological polar surface area (TPSA) is 21.3 Å². The van der Waals surface area contributed by atoms with Crippen molar-refractivity contribution in [3.63, 3.8) is 0 Å². The minimum absolute atomic E-state index is 0.422. The second-order valence-electron chi connectivity index (χ2n) is 6.28. The summed E-state index contributed by atoms with van der Waals surface area (Å²) in [6, 6.07) is 19.7. The van der Waals surface area contributed by atoms with Crippen molar-refractivity contribution in [2.24, 2.45) is 0 Å². The molecule has 2 aromatic carbocycles. The molecule has 1 N–H and O–H groups in total. The van der Waals surface area contributed by atoms with Crippen molar-refractivity contribution in [3.05, 3.63) is 65.7 Å². The normalized spacial score (nSPS) is 12.1. The number of hydrogen-bond acceptors (Lipinski definition) is 2. The molecule has 0 fully saturated rings. The summed E-state index contributed by atoms with van der Waals surface area (Å²) in [6.07, 6.45) is 5.68. The maximum absolute atomic E-state index is 5.74. The fourth-order valence-corrected chi connectivity index (χ4v) is 2.84. The fourth-order valence-electron chi connectivity index (χ4n) is 2.84. The third-order valence-electron chi connectivity index (χ3n) is 4.33. The summed E-state index contributed by atoms with van der Waals surface area (Å²) in [6.45, 7) is 6.27. The number of nitrogens with one attached hydrogen (secondary N) is 1. The molecule has 1 unspecified atom stereocenters. The van der Waals surface area contributed by atoms with Crippen molar-refractivity contribution in [3.8, 4) is 5.75 Å². The molecule has 130 valence electrons. The van der Waals surface area contributed by atoms with Crippen LogP contribution >= 0.6 is 0 Å². The minimum atomic E-state index is 0.422. The summed E-state index contributed by atoms with van der Waals surface area (Å²) in [5, 5.41) is 3.69. The van der Waals surface area contributed by atoms with Crippen LogP contribution in [0.15, 0.2) is 54.6 Å². The van der Waals surface area contributed by atoms with Crippen LogP contribution in [0.3, 0.4) is 0 Å². The van der Waals surface area contributed by atoms with E-state index in [2.05, 4.69) is 73.8 Å². The number of rotatable bonds is 11. The monoisotopic (exact) mass is 325 g/mol. The average molecular weight is 325 g/mol. The van der Waals surface area contributed by atoms with E-state index in [9.17, 15) is 0 Å². The minimum Gasteiger partial charge on any atom is -0.494 e. The highest BCUT2D eigenvalue weighted by atomic mass is 16.5. The van der Waals surface area contributed by atoms with Crippen molar-refractivity contribution in [1.82, 2.24) is 5.32 Å². The van der Waals surface area contributed by atoms with Crippen LogP contribution in [0.5, 0.6) is 5.75 Å². The molecule has 2 rings (SSSR count). The lowest BCUT2D eigenvalue weighted by molar-refractivity contribution is 0.309. The van der Waals surface area contributed by atoms with Gasteiger partial charge in [-0.3, -0.25) is 0 Å². The number of aryl methyl sites for hydroxylation is 1. The Morgan fingerprint density at radius 2 is 1.67 bits per heavy atom. The Kier molecular flexibility index (Phi) is 8.40. The van der Waals surface area contributed by atoms with Gasteiger partial charge in [0.1, 0.15) is 5.75 Å². The molecule has 0 aliphatic heterocycles. The van der Waals surface area contributed by atoms with E-state index in [1.165, 1.54) is 24.0 Å². The lowest BCUT2D eigenvalue weighted by Crippen LogP contribution is -2.22. The summed E-state index contributed by atoms with van der Waals surface area (Å²) in [4.78, 5) is 0. The molecule has 0 saturated heterocycles. The molecule has 0 aliphatic carbocycles. The van der Waals surface area contributed by atoms with E-state index < -0.39 is 0 Å². The quantitative estimate of drug-likeness (QED) is 0.548. The molecule has 2 aromatic rings. The van der Waals surface area contributed by atoms with E-state index >= 15 is 0 Å². The van der Waals surface area contributed by atoms with Gasteiger partial charge in [-0.2, -0.15) is 0 Å². The van der Waals surface area contributed by atoms with E-state index in [4.69, 9.17) is 4.74 Å². The maximum Gasteiger partial charge on any atom is 0.119 e. The van der Waals surface area contributed by atoms with Gasteiger partial charge in [-0.25, -0.2) is 0 Å². The van der Waals surface area contributed by atoms with Crippen LogP contribution in [-0.4, -0.2) is 13.2 Å². The Morgan fingerprint density at radius 3 is 2.33 bits per heavy atom. The zero-order valence-electron chi connectivity index (χ0n) is 15.1. The molecule has 0 aliphatic rings. The van der Waals surface area contributed by atoms with E-state index in [1.54, 1.807) is 0 Å². The zero-order chi connectivity index (χ0) is 17.0. The van der Waals surface area contributed by atoms with Gasteiger partial charge in [-0.1, -0.05) is 62.7 Å². The Labute approximate surface area is 147 Å². The van der Waals surface area contributed by atoms with E-state index in [0.29, 0.717) is 6.04 Å². The van der Waals surface area contributed by atoms with Gasteiger partial charge in [0.2, 0.25) is 0 Å². The van der Waals surface area contributed by atoms with Gasteiger partial charge in [0.05, 0.1) is 6.61 Å². The molecule has 0 heterocycles. The number of unbranched alkanes of at least 4 members (excludes halogenated alkanes) is 1. The highest BCUT2D eigenvalue weighted by Gasteiger charge is 2.08. The lowest BCUT2D eigenvalue weighted by atomic mass is 10.0. The first-order valence-electron chi connectivity index (χ1n) is 9.33. The van der Waals surface area contributed by atoms with E-state index in [0.717, 1.165) is 38.2 Å². The fraction of sp³-hybridized carbons (Fsp3) is 0.455. The molecule has 0 spiro atoms. The van der Waals surface area contributed by atoms with Gasteiger partial charge >= 0.3 is 0 Å². The average Bonchev–Trinajstić information content (AvgIpc) is 2.64. The predicted molar refractivity (Wildman–Crippen MR) is 103 cm³/mol. The molecule has 0 bridgehead atoms. The van der Waals surface area contributed by atoms with Gasteiger partial charge in [-0.15, -0.1) is 0 Å². The first-order chi connectivity index (χ1) is 11.8. The molecule has 0 saturated carbocycles. The lowest BCUT2D eigenvalue weighted by Gasteiger charge is -2.18. The van der Waals surface area contributed by atoms with Crippen LogP contribution < -0.4 is 10.1 Å². The standard InChI is InChI=1S/C22H31NO/c1-3-5-18-24-21-15-13-20(14-16-21)22(4-2)23-17-9-12-19-10-7-6-8-11-19/h6-8,10-11,13-16,22-23H,3-5,9,12,17-18H2,1-2H3. The summed E-state index contributed by atoms with van der Waals surface area (Å²) in [5.41, 5.74) is 2.76. The number of ether oxygens (including phenoxy) is 1. The molecule has 0 radical (unpaired) electrons. The second kappa shape index (κ2) is 10.9. The Bertz CT molecular complexity index is 550. The predicted octanol–water partition coefficient (Wildman–Crippen LogP) is 5.54. The summed E-state index contributed by atoms with van der Waals surface area (Å²) >= 11 is 0. The third kappa shape index (κ3) is 6.37. The molecule has 2 heteroatoms. The number of benzene rings is 2. The molecule has 24 heavy (non-hydrogen) atoms. The van der Waals surface area contributed by atoms with Gasteiger partial charge in [0.15, 0.2) is 0 Å². The van der Waals surface area contributed by atoms with Crippen molar-refractivity contribution < 1.29 is 4.74 Å². The Morgan fingerprint density at radius 1 is 0.917 bits per heavy atom. The molecular weight excluding hydrogens is 294 g/mol. The SMILES string of the molecule is CCCCOc1ccc(C(CC)NCCCc2ccccc2)cc1. The third-order valence-corrected chi connectivity index (χ3v) is 4.33.